The van der Waals surface area contributed by atoms with Crippen molar-refractivity contribution < 1.29 is 4.79 Å². The highest BCUT2D eigenvalue weighted by atomic mass is 16.1. The number of nitrogens with one attached hydrogen (secondary N) is 1. The molecule has 3 N–H and O–H groups in total. The third kappa shape index (κ3) is 3.66. The zero-order valence-electron chi connectivity index (χ0n) is 7.36. The second kappa shape index (κ2) is 5.27. The van der Waals surface area contributed by atoms with Gasteiger partial charge in [-0.05, 0) is 25.1 Å². The van der Waals surface area contributed by atoms with E-state index in [-0.39, 0.29) is 5.91 Å². The number of carbonyl (C=O) groups excluding carboxylic acids is 1. The summed E-state index contributed by atoms with van der Waals surface area (Å²) in [7, 11) is 0. The molecule has 4 heteroatoms. The van der Waals surface area contributed by atoms with E-state index in [1.807, 2.05) is 0 Å². The molecule has 0 fully saturated rings. The van der Waals surface area contributed by atoms with Gasteiger partial charge in [-0.15, -0.1) is 0 Å². The minimum Gasteiger partial charge on any atom is -0.330 e. The Labute approximate surface area is 77.2 Å². The van der Waals surface area contributed by atoms with Crippen LogP contribution in [0.25, 0.3) is 0 Å². The first-order chi connectivity index (χ1) is 6.33. The molecule has 0 radical (unpaired) electrons. The van der Waals surface area contributed by atoms with E-state index in [1.165, 1.54) is 0 Å². The quantitative estimate of drug-likeness (QED) is 0.717. The van der Waals surface area contributed by atoms with Crippen molar-refractivity contribution in [3.63, 3.8) is 0 Å². The fourth-order valence-corrected chi connectivity index (χ4v) is 0.923. The van der Waals surface area contributed by atoms with Crippen molar-refractivity contribution in [3.05, 3.63) is 24.5 Å². The summed E-state index contributed by atoms with van der Waals surface area (Å²) in [6.07, 6.45) is 4.45. The van der Waals surface area contributed by atoms with E-state index < -0.39 is 0 Å². The van der Waals surface area contributed by atoms with Crippen molar-refractivity contribution in [2.24, 2.45) is 5.73 Å². The minimum absolute atomic E-state index is 0.0153. The summed E-state index contributed by atoms with van der Waals surface area (Å²) in [6.45, 7) is 0.542. The fraction of sp³-hybridized carbons (Fsp3) is 0.333. The number of nitrogens with zero attached hydrogens (tertiary/aromatic N) is 1. The zero-order chi connectivity index (χ0) is 9.52. The number of hydrogen-bond donors (Lipinski definition) is 2. The number of amides is 1. The Kier molecular flexibility index (Phi) is 3.92. The standard InChI is InChI=1S/C9H13N3O/c10-5-1-4-9(13)12-8-3-2-6-11-7-8/h2-3,6-7H,1,4-5,10H2,(H,12,13). The molecule has 1 amide bonds. The van der Waals surface area contributed by atoms with Crippen LogP contribution in [0.3, 0.4) is 0 Å². The maximum atomic E-state index is 11.2. The van der Waals surface area contributed by atoms with Gasteiger partial charge in [0.25, 0.3) is 0 Å². The average Bonchev–Trinajstić information content (AvgIpc) is 2.16. The monoisotopic (exact) mass is 179 g/mol. The molecule has 0 bridgehead atoms. The summed E-state index contributed by atoms with van der Waals surface area (Å²) in [4.78, 5) is 15.1. The molecule has 0 aliphatic heterocycles. The van der Waals surface area contributed by atoms with Crippen molar-refractivity contribution in [1.82, 2.24) is 4.98 Å². The zero-order valence-corrected chi connectivity index (χ0v) is 7.36. The van der Waals surface area contributed by atoms with E-state index in [9.17, 15) is 4.79 Å². The summed E-state index contributed by atoms with van der Waals surface area (Å²) in [5.74, 6) is -0.0153. The number of aromatic nitrogens is 1. The van der Waals surface area contributed by atoms with Gasteiger partial charge in [0.15, 0.2) is 0 Å². The van der Waals surface area contributed by atoms with Crippen molar-refractivity contribution >= 4 is 11.6 Å². The number of pyridine rings is 1. The number of rotatable bonds is 4. The van der Waals surface area contributed by atoms with E-state index in [0.717, 1.165) is 5.69 Å². The summed E-state index contributed by atoms with van der Waals surface area (Å²) >= 11 is 0. The molecular weight excluding hydrogens is 166 g/mol. The Balaban J connectivity index is 2.37. The second-order valence-electron chi connectivity index (χ2n) is 2.68. The van der Waals surface area contributed by atoms with Gasteiger partial charge in [0, 0.05) is 12.6 Å². The average molecular weight is 179 g/mol. The normalized spacial score (nSPS) is 9.62. The number of hydrogen-bond acceptors (Lipinski definition) is 3. The van der Waals surface area contributed by atoms with Gasteiger partial charge in [-0.3, -0.25) is 9.78 Å². The van der Waals surface area contributed by atoms with Crippen LogP contribution in [0, 0.1) is 0 Å². The highest BCUT2D eigenvalue weighted by Crippen LogP contribution is 2.03. The number of carbonyl (C=O) groups is 1. The summed E-state index contributed by atoms with van der Waals surface area (Å²) in [5, 5.41) is 2.72. The lowest BCUT2D eigenvalue weighted by Crippen LogP contribution is -2.13. The van der Waals surface area contributed by atoms with Gasteiger partial charge >= 0.3 is 0 Å². The lowest BCUT2D eigenvalue weighted by Gasteiger charge is -2.02. The summed E-state index contributed by atoms with van der Waals surface area (Å²) in [6, 6.07) is 3.58. The Morgan fingerprint density at radius 2 is 2.46 bits per heavy atom. The van der Waals surface area contributed by atoms with Crippen LogP contribution in [0.5, 0.6) is 0 Å². The fourth-order valence-electron chi connectivity index (χ4n) is 0.923. The molecule has 13 heavy (non-hydrogen) atoms. The van der Waals surface area contributed by atoms with Crippen molar-refractivity contribution in [1.29, 1.82) is 0 Å². The van der Waals surface area contributed by atoms with Crippen LogP contribution in [0.15, 0.2) is 24.5 Å². The molecule has 0 saturated heterocycles. The first-order valence-electron chi connectivity index (χ1n) is 4.23. The molecule has 0 aromatic carbocycles. The Bertz CT molecular complexity index is 261. The lowest BCUT2D eigenvalue weighted by molar-refractivity contribution is -0.116. The molecule has 70 valence electrons. The van der Waals surface area contributed by atoms with Gasteiger partial charge in [0.05, 0.1) is 11.9 Å². The summed E-state index contributed by atoms with van der Waals surface area (Å²) < 4.78 is 0. The van der Waals surface area contributed by atoms with Gasteiger partial charge in [-0.2, -0.15) is 0 Å². The van der Waals surface area contributed by atoms with Crippen LogP contribution in [-0.4, -0.2) is 17.4 Å². The van der Waals surface area contributed by atoms with E-state index in [0.29, 0.717) is 19.4 Å². The van der Waals surface area contributed by atoms with Crippen LogP contribution in [0.1, 0.15) is 12.8 Å². The van der Waals surface area contributed by atoms with Gasteiger partial charge in [0.2, 0.25) is 5.91 Å². The topological polar surface area (TPSA) is 68.0 Å². The maximum Gasteiger partial charge on any atom is 0.224 e. The molecule has 1 aromatic heterocycles. The van der Waals surface area contributed by atoms with E-state index in [2.05, 4.69) is 10.3 Å². The van der Waals surface area contributed by atoms with Gasteiger partial charge < -0.3 is 11.1 Å². The molecule has 0 unspecified atom stereocenters. The first-order valence-corrected chi connectivity index (χ1v) is 4.23. The molecule has 1 heterocycles. The Morgan fingerprint density at radius 3 is 3.08 bits per heavy atom. The second-order valence-corrected chi connectivity index (χ2v) is 2.68. The molecule has 0 spiro atoms. The third-order valence-corrected chi connectivity index (χ3v) is 1.55. The number of anilines is 1. The molecule has 4 nitrogen and oxygen atoms in total. The molecule has 1 aromatic rings. The number of nitrogens with two attached hydrogens (primary N) is 1. The van der Waals surface area contributed by atoms with Crippen LogP contribution < -0.4 is 11.1 Å². The lowest BCUT2D eigenvalue weighted by atomic mass is 10.3. The van der Waals surface area contributed by atoms with Gasteiger partial charge in [-0.25, -0.2) is 0 Å². The van der Waals surface area contributed by atoms with E-state index in [1.54, 1.807) is 24.5 Å². The molecule has 0 aliphatic carbocycles. The Hall–Kier alpha value is -1.42. The smallest absolute Gasteiger partial charge is 0.224 e. The van der Waals surface area contributed by atoms with Crippen molar-refractivity contribution in [3.8, 4) is 0 Å². The van der Waals surface area contributed by atoms with Crippen molar-refractivity contribution in [2.45, 2.75) is 12.8 Å². The maximum absolute atomic E-state index is 11.2. The highest BCUT2D eigenvalue weighted by molar-refractivity contribution is 5.90. The Morgan fingerprint density at radius 1 is 1.62 bits per heavy atom. The molecule has 0 aliphatic rings. The highest BCUT2D eigenvalue weighted by Gasteiger charge is 1.99. The summed E-state index contributed by atoms with van der Waals surface area (Å²) in [5.41, 5.74) is 6.00. The predicted molar refractivity (Wildman–Crippen MR) is 51.2 cm³/mol. The van der Waals surface area contributed by atoms with Crippen LogP contribution in [0.4, 0.5) is 5.69 Å². The minimum atomic E-state index is -0.0153. The van der Waals surface area contributed by atoms with E-state index in [4.69, 9.17) is 5.73 Å². The van der Waals surface area contributed by atoms with Crippen molar-refractivity contribution in [2.75, 3.05) is 11.9 Å². The van der Waals surface area contributed by atoms with Gasteiger partial charge in [-0.1, -0.05) is 0 Å². The third-order valence-electron chi connectivity index (χ3n) is 1.55. The van der Waals surface area contributed by atoms with Crippen LogP contribution in [-0.2, 0) is 4.79 Å². The van der Waals surface area contributed by atoms with Crippen LogP contribution >= 0.6 is 0 Å². The van der Waals surface area contributed by atoms with Crippen LogP contribution in [0.2, 0.25) is 0 Å². The molecule has 0 atom stereocenters. The molecule has 1 rings (SSSR count). The SMILES string of the molecule is NCCCC(=O)Nc1cccnc1. The van der Waals surface area contributed by atoms with E-state index >= 15 is 0 Å². The first kappa shape index (κ1) is 9.67. The predicted octanol–water partition coefficient (Wildman–Crippen LogP) is 0.759. The molecular formula is C9H13N3O. The molecule has 0 saturated carbocycles. The van der Waals surface area contributed by atoms with Gasteiger partial charge in [0.1, 0.15) is 0 Å². The largest absolute Gasteiger partial charge is 0.330 e.